The molecule has 0 atom stereocenters. The van der Waals surface area contributed by atoms with Crippen LogP contribution < -0.4 is 9.80 Å². The summed E-state index contributed by atoms with van der Waals surface area (Å²) in [5, 5.41) is 0. The van der Waals surface area contributed by atoms with Crippen LogP contribution in [0.4, 0.5) is 34.1 Å². The van der Waals surface area contributed by atoms with E-state index in [9.17, 15) is 4.79 Å². The molecular weight excluding hydrogens is 985 g/mol. The molecule has 0 amide bonds. The van der Waals surface area contributed by atoms with Crippen LogP contribution in [0.2, 0.25) is 0 Å². The van der Waals surface area contributed by atoms with Crippen molar-refractivity contribution < 1.29 is 4.79 Å². The molecule has 1 aliphatic carbocycles. The molecule has 0 saturated carbocycles. The van der Waals surface area contributed by atoms with Gasteiger partial charge in [0.1, 0.15) is 0 Å². The molecule has 2 aliphatic heterocycles. The first-order chi connectivity index (χ1) is 38.5. The predicted octanol–water partition coefficient (Wildman–Crippen LogP) is 20.8. The number of hydrogen-bond acceptors (Lipinski definition) is 5. The molecule has 5 heteroatoms. The van der Waals surface area contributed by atoms with Crippen LogP contribution in [0.5, 0.6) is 0 Å². The van der Waals surface area contributed by atoms with E-state index in [1.165, 1.54) is 64.1 Å². The number of fused-ring (bicyclic) bond motifs is 7. The third-order valence-electron chi connectivity index (χ3n) is 15.4. The van der Waals surface area contributed by atoms with E-state index in [4.69, 9.17) is 0 Å². The van der Waals surface area contributed by atoms with Crippen molar-refractivity contribution >= 4 is 63.4 Å². The number of carbonyl (C=O) groups is 1. The molecule has 78 heavy (non-hydrogen) atoms. The number of hydrogen-bond donors (Lipinski definition) is 0. The maximum Gasteiger partial charge on any atom is 0.194 e. The number of anilines is 6. The maximum absolute atomic E-state index is 14.5. The number of ketones is 1. The highest BCUT2D eigenvalue weighted by molar-refractivity contribution is 8.00. The van der Waals surface area contributed by atoms with Crippen molar-refractivity contribution in [1.29, 1.82) is 0 Å². The van der Waals surface area contributed by atoms with Gasteiger partial charge in [-0.25, -0.2) is 0 Å². The van der Waals surface area contributed by atoms with E-state index < -0.39 is 0 Å². The second kappa shape index (κ2) is 19.0. The average Bonchev–Trinajstić information content (AvgIpc) is 3.99. The Kier molecular flexibility index (Phi) is 11.2. The van der Waals surface area contributed by atoms with Gasteiger partial charge >= 0.3 is 0 Å². The lowest BCUT2D eigenvalue weighted by atomic mass is 9.97. The Morgan fingerprint density at radius 2 is 0.462 bits per heavy atom. The molecule has 0 aromatic heterocycles. The molecule has 0 unspecified atom stereocenters. The van der Waals surface area contributed by atoms with Gasteiger partial charge in [0.05, 0.1) is 22.7 Å². The van der Waals surface area contributed by atoms with E-state index >= 15 is 0 Å². The van der Waals surface area contributed by atoms with Gasteiger partial charge in [-0.2, -0.15) is 0 Å². The quantitative estimate of drug-likeness (QED) is 0.151. The molecule has 3 aliphatic rings. The summed E-state index contributed by atoms with van der Waals surface area (Å²) in [6.07, 6.45) is 0. The van der Waals surface area contributed by atoms with E-state index in [1.807, 2.05) is 23.5 Å². The second-order valence-electron chi connectivity index (χ2n) is 20.0. The van der Waals surface area contributed by atoms with Crippen molar-refractivity contribution in [1.82, 2.24) is 0 Å². The lowest BCUT2D eigenvalue weighted by Crippen LogP contribution is -2.15. The smallest absolute Gasteiger partial charge is 0.194 e. The molecule has 0 N–H and O–H groups in total. The zero-order valence-corrected chi connectivity index (χ0v) is 43.8. The summed E-state index contributed by atoms with van der Waals surface area (Å²) in [4.78, 5) is 24.1. The largest absolute Gasteiger partial charge is 0.308 e. The Morgan fingerprint density at radius 1 is 0.218 bits per heavy atom. The van der Waals surface area contributed by atoms with Gasteiger partial charge in [0.25, 0.3) is 0 Å². The van der Waals surface area contributed by atoms with Crippen molar-refractivity contribution in [2.24, 2.45) is 0 Å². The van der Waals surface area contributed by atoms with Crippen LogP contribution in [0, 0.1) is 0 Å². The first kappa shape index (κ1) is 46.0. The predicted molar refractivity (Wildman–Crippen MR) is 326 cm³/mol. The number of carbonyl (C=O) groups excluding carboxylic acids is 1. The molecule has 0 saturated heterocycles. The Balaban J connectivity index is 0.716. The normalized spacial score (nSPS) is 12.7. The molecule has 0 spiro atoms. The minimum absolute atomic E-state index is 0.0597. The van der Waals surface area contributed by atoms with E-state index in [-0.39, 0.29) is 5.78 Å². The zero-order valence-electron chi connectivity index (χ0n) is 42.2. The highest BCUT2D eigenvalue weighted by Crippen LogP contribution is 2.55. The lowest BCUT2D eigenvalue weighted by Gasteiger charge is -2.33. The van der Waals surface area contributed by atoms with Gasteiger partial charge in [-0.05, 0) is 163 Å². The van der Waals surface area contributed by atoms with Crippen LogP contribution >= 0.6 is 23.5 Å². The highest BCUT2D eigenvalue weighted by Gasteiger charge is 2.30. The summed E-state index contributed by atoms with van der Waals surface area (Å²) in [5.41, 5.74) is 23.9. The maximum atomic E-state index is 14.5. The molecule has 15 rings (SSSR count). The van der Waals surface area contributed by atoms with Crippen LogP contribution in [0.15, 0.2) is 299 Å². The molecule has 12 aromatic carbocycles. The van der Waals surface area contributed by atoms with Gasteiger partial charge in [0, 0.05) is 42.1 Å². The minimum atomic E-state index is 0.0597. The molecule has 0 radical (unpaired) electrons. The summed E-state index contributed by atoms with van der Waals surface area (Å²) < 4.78 is 0. The minimum Gasteiger partial charge on any atom is -0.308 e. The van der Waals surface area contributed by atoms with Crippen LogP contribution in [-0.2, 0) is 0 Å². The summed E-state index contributed by atoms with van der Waals surface area (Å²) in [6.45, 7) is 0. The summed E-state index contributed by atoms with van der Waals surface area (Å²) in [6, 6.07) is 100.0. The average molecular weight is 1030 g/mol. The van der Waals surface area contributed by atoms with E-state index in [1.54, 1.807) is 0 Å². The zero-order chi connectivity index (χ0) is 51.7. The van der Waals surface area contributed by atoms with Crippen molar-refractivity contribution in [3.8, 4) is 77.9 Å². The summed E-state index contributed by atoms with van der Waals surface area (Å²) >= 11 is 3.66. The monoisotopic (exact) mass is 1030 g/mol. The molecule has 2 heterocycles. The van der Waals surface area contributed by atoms with E-state index in [2.05, 4.69) is 289 Å². The first-order valence-corrected chi connectivity index (χ1v) is 28.0. The fourth-order valence-electron chi connectivity index (χ4n) is 11.5. The lowest BCUT2D eigenvalue weighted by molar-refractivity contribution is 0.104. The Morgan fingerprint density at radius 3 is 0.756 bits per heavy atom. The SMILES string of the molecule is O=C1c2cc(-c3ccc(N4c5ccc(-c6ccccc6)cc5Sc5cc(-c6ccccc6)ccc54)cc3)ccc2-c2ccc(-c3ccc(N4c5ccc(-c6ccccc6)cc5Sc5cc(-c6ccccc6)ccc54)cc3)cc21. The Bertz CT molecular complexity index is 3860. The van der Waals surface area contributed by atoms with Crippen LogP contribution in [0.3, 0.4) is 0 Å². The fourth-order valence-corrected chi connectivity index (χ4v) is 13.7. The van der Waals surface area contributed by atoms with Crippen molar-refractivity contribution in [2.75, 3.05) is 9.80 Å². The van der Waals surface area contributed by atoms with Crippen molar-refractivity contribution in [3.63, 3.8) is 0 Å². The Labute approximate surface area is 462 Å². The molecule has 366 valence electrons. The van der Waals surface area contributed by atoms with Crippen molar-refractivity contribution in [2.45, 2.75) is 19.6 Å². The van der Waals surface area contributed by atoms with Gasteiger partial charge in [-0.15, -0.1) is 0 Å². The molecule has 12 aromatic rings. The van der Waals surface area contributed by atoms with Gasteiger partial charge in [-0.1, -0.05) is 218 Å². The highest BCUT2D eigenvalue weighted by atomic mass is 32.2. The topological polar surface area (TPSA) is 23.6 Å². The van der Waals surface area contributed by atoms with Gasteiger partial charge < -0.3 is 9.80 Å². The fraction of sp³-hybridized carbons (Fsp3) is 0. The third kappa shape index (κ3) is 8.06. The third-order valence-corrected chi connectivity index (χ3v) is 17.6. The van der Waals surface area contributed by atoms with Crippen molar-refractivity contribution in [3.05, 3.63) is 290 Å². The number of nitrogens with zero attached hydrogens (tertiary/aromatic N) is 2. The number of benzene rings is 12. The molecular formula is C73H46N2OS2. The van der Waals surface area contributed by atoms with Gasteiger partial charge in [0.2, 0.25) is 0 Å². The van der Waals surface area contributed by atoms with Gasteiger partial charge in [-0.3, -0.25) is 4.79 Å². The summed E-state index contributed by atoms with van der Waals surface area (Å²) in [5.74, 6) is 0.0597. The van der Waals surface area contributed by atoms with Gasteiger partial charge in [0.15, 0.2) is 5.78 Å². The van der Waals surface area contributed by atoms with E-state index in [0.29, 0.717) is 0 Å². The molecule has 3 nitrogen and oxygen atoms in total. The Hall–Kier alpha value is -9.39. The van der Waals surface area contributed by atoms with Crippen LogP contribution in [0.1, 0.15) is 15.9 Å². The summed E-state index contributed by atoms with van der Waals surface area (Å²) in [7, 11) is 0. The molecule has 0 fully saturated rings. The first-order valence-electron chi connectivity index (χ1n) is 26.3. The standard InChI is InChI=1S/C73H46N2OS2/c76-73-63-41-53(51-21-31-59(32-22-51)74-65-37-27-55(47-13-5-1-6-14-47)43-69(65)77-70-44-56(28-38-66(70)74)48-15-7-2-8-16-48)25-35-61(63)62-36-26-54(42-64(62)73)52-23-33-60(34-24-52)75-67-39-29-57(49-17-9-3-10-18-49)45-71(67)78-72-46-58(30-40-68(72)75)50-19-11-4-12-20-50/h1-46H. The second-order valence-corrected chi connectivity index (χ2v) is 22.2. The molecule has 0 bridgehead atoms. The number of rotatable bonds is 8. The van der Waals surface area contributed by atoms with E-state index in [0.717, 1.165) is 78.6 Å². The van der Waals surface area contributed by atoms with Crippen LogP contribution in [0.25, 0.3) is 77.9 Å². The van der Waals surface area contributed by atoms with Crippen LogP contribution in [-0.4, -0.2) is 5.78 Å².